The summed E-state index contributed by atoms with van der Waals surface area (Å²) < 4.78 is 6.24. The fourth-order valence-electron chi connectivity index (χ4n) is 1.74. The Labute approximate surface area is 138 Å². The zero-order valence-electron chi connectivity index (χ0n) is 12.3. The van der Waals surface area contributed by atoms with E-state index >= 15 is 0 Å². The number of rotatable bonds is 6. The first-order chi connectivity index (χ1) is 10.7. The first-order valence-electron chi connectivity index (χ1n) is 7.01. The molecule has 0 atom stereocenters. The van der Waals surface area contributed by atoms with Gasteiger partial charge >= 0.3 is 0 Å². The van der Waals surface area contributed by atoms with Crippen molar-refractivity contribution >= 4 is 28.1 Å². The van der Waals surface area contributed by atoms with Gasteiger partial charge in [-0.3, -0.25) is 4.79 Å². The highest BCUT2D eigenvalue weighted by Crippen LogP contribution is 2.15. The first-order valence-corrected chi connectivity index (χ1v) is 7.81. The third-order valence-electron chi connectivity index (χ3n) is 2.85. The average Bonchev–Trinajstić information content (AvgIpc) is 2.54. The normalized spacial score (nSPS) is 10.6. The van der Waals surface area contributed by atoms with Crippen LogP contribution in [0.3, 0.4) is 0 Å². The van der Waals surface area contributed by atoms with Gasteiger partial charge in [-0.15, -0.1) is 0 Å². The largest absolute Gasteiger partial charge is 0.494 e. The van der Waals surface area contributed by atoms with Gasteiger partial charge in [0, 0.05) is 4.47 Å². The molecule has 0 aliphatic carbocycles. The molecule has 2 rings (SSSR count). The van der Waals surface area contributed by atoms with Crippen molar-refractivity contribution in [1.82, 2.24) is 5.43 Å². The van der Waals surface area contributed by atoms with Crippen LogP contribution >= 0.6 is 15.9 Å². The number of amides is 1. The number of ether oxygens (including phenoxy) is 1. The standard InChI is InChI=1S/C17H17BrN2O2/c1-2-11-22-14-9-7-13(8-10-14)12-19-20-17(21)15-5-3-4-6-16(15)18/h3-10,12H,2,11H2,1H3,(H,20,21)/b19-12-. The maximum atomic E-state index is 12.0. The van der Waals surface area contributed by atoms with Gasteiger partial charge in [-0.25, -0.2) is 5.43 Å². The molecule has 0 saturated carbocycles. The summed E-state index contributed by atoms with van der Waals surface area (Å²) in [6.45, 7) is 2.77. The Morgan fingerprint density at radius 1 is 1.23 bits per heavy atom. The number of halogens is 1. The highest BCUT2D eigenvalue weighted by Gasteiger charge is 2.07. The minimum Gasteiger partial charge on any atom is -0.494 e. The minimum absolute atomic E-state index is 0.258. The van der Waals surface area contributed by atoms with Crippen LogP contribution in [-0.2, 0) is 0 Å². The molecule has 0 saturated heterocycles. The second-order valence-electron chi connectivity index (χ2n) is 4.60. The predicted octanol–water partition coefficient (Wildman–Crippen LogP) is 4.00. The summed E-state index contributed by atoms with van der Waals surface area (Å²) in [6.07, 6.45) is 2.57. The maximum Gasteiger partial charge on any atom is 0.272 e. The van der Waals surface area contributed by atoms with Gasteiger partial charge in [0.05, 0.1) is 18.4 Å². The molecule has 1 N–H and O–H groups in total. The van der Waals surface area contributed by atoms with Gasteiger partial charge in [-0.1, -0.05) is 19.1 Å². The summed E-state index contributed by atoms with van der Waals surface area (Å²) >= 11 is 3.34. The Kier molecular flexibility index (Phi) is 6.15. The molecule has 0 heterocycles. The number of benzene rings is 2. The van der Waals surface area contributed by atoms with Crippen LogP contribution < -0.4 is 10.2 Å². The smallest absolute Gasteiger partial charge is 0.272 e. The third kappa shape index (κ3) is 4.70. The fraction of sp³-hybridized carbons (Fsp3) is 0.176. The van der Waals surface area contributed by atoms with Crippen LogP contribution in [0.2, 0.25) is 0 Å². The van der Waals surface area contributed by atoms with Crippen molar-refractivity contribution in [2.45, 2.75) is 13.3 Å². The quantitative estimate of drug-likeness (QED) is 0.625. The van der Waals surface area contributed by atoms with Crippen molar-refractivity contribution < 1.29 is 9.53 Å². The van der Waals surface area contributed by atoms with Crippen molar-refractivity contribution in [3.05, 3.63) is 64.1 Å². The van der Waals surface area contributed by atoms with E-state index in [2.05, 4.69) is 33.4 Å². The second kappa shape index (κ2) is 8.34. The van der Waals surface area contributed by atoms with Gasteiger partial charge < -0.3 is 4.74 Å². The number of hydrazone groups is 1. The van der Waals surface area contributed by atoms with E-state index in [4.69, 9.17) is 4.74 Å². The Morgan fingerprint density at radius 3 is 2.64 bits per heavy atom. The second-order valence-corrected chi connectivity index (χ2v) is 5.45. The molecule has 0 aliphatic heterocycles. The van der Waals surface area contributed by atoms with E-state index in [9.17, 15) is 4.79 Å². The van der Waals surface area contributed by atoms with Gasteiger partial charge in [0.1, 0.15) is 5.75 Å². The summed E-state index contributed by atoms with van der Waals surface area (Å²) in [5.41, 5.74) is 3.94. The molecule has 0 aliphatic rings. The molecular formula is C17H17BrN2O2. The summed E-state index contributed by atoms with van der Waals surface area (Å²) in [4.78, 5) is 12.0. The van der Waals surface area contributed by atoms with Crippen LogP contribution in [0.25, 0.3) is 0 Å². The third-order valence-corrected chi connectivity index (χ3v) is 3.54. The number of carbonyl (C=O) groups excluding carboxylic acids is 1. The predicted molar refractivity (Wildman–Crippen MR) is 91.4 cm³/mol. The lowest BCUT2D eigenvalue weighted by atomic mass is 10.2. The van der Waals surface area contributed by atoms with Gasteiger partial charge in [-0.05, 0) is 64.3 Å². The molecule has 22 heavy (non-hydrogen) atoms. The van der Waals surface area contributed by atoms with Crippen molar-refractivity contribution in [2.75, 3.05) is 6.61 Å². The van der Waals surface area contributed by atoms with Crippen molar-refractivity contribution in [2.24, 2.45) is 5.10 Å². The Bertz CT molecular complexity index is 654. The lowest BCUT2D eigenvalue weighted by molar-refractivity contribution is 0.0954. The molecule has 4 nitrogen and oxygen atoms in total. The number of carbonyl (C=O) groups is 1. The van der Waals surface area contributed by atoms with Crippen molar-refractivity contribution in [1.29, 1.82) is 0 Å². The van der Waals surface area contributed by atoms with Crippen molar-refractivity contribution in [3.63, 3.8) is 0 Å². The van der Waals surface area contributed by atoms with E-state index in [0.29, 0.717) is 12.2 Å². The van der Waals surface area contributed by atoms with E-state index in [0.717, 1.165) is 22.2 Å². The van der Waals surface area contributed by atoms with Crippen LogP contribution in [0, 0.1) is 0 Å². The van der Waals surface area contributed by atoms with E-state index in [-0.39, 0.29) is 5.91 Å². The molecule has 0 spiro atoms. The molecule has 114 valence electrons. The Morgan fingerprint density at radius 2 is 1.95 bits per heavy atom. The number of hydrogen-bond acceptors (Lipinski definition) is 3. The van der Waals surface area contributed by atoms with E-state index < -0.39 is 0 Å². The topological polar surface area (TPSA) is 50.7 Å². The van der Waals surface area contributed by atoms with Crippen LogP contribution in [0.5, 0.6) is 5.75 Å². The van der Waals surface area contributed by atoms with Crippen LogP contribution in [-0.4, -0.2) is 18.7 Å². The highest BCUT2D eigenvalue weighted by molar-refractivity contribution is 9.10. The van der Waals surface area contributed by atoms with Crippen LogP contribution in [0.15, 0.2) is 58.1 Å². The fourth-order valence-corrected chi connectivity index (χ4v) is 2.21. The first kappa shape index (κ1) is 16.2. The van der Waals surface area contributed by atoms with Crippen LogP contribution in [0.4, 0.5) is 0 Å². The van der Waals surface area contributed by atoms with Gasteiger partial charge in [0.25, 0.3) is 5.91 Å². The van der Waals surface area contributed by atoms with E-state index in [1.54, 1.807) is 18.3 Å². The molecule has 0 aromatic heterocycles. The molecule has 2 aromatic carbocycles. The molecule has 1 amide bonds. The molecular weight excluding hydrogens is 344 g/mol. The van der Waals surface area contributed by atoms with Crippen LogP contribution in [0.1, 0.15) is 29.3 Å². The van der Waals surface area contributed by atoms with Gasteiger partial charge in [0.15, 0.2) is 0 Å². The molecule has 0 bridgehead atoms. The maximum absolute atomic E-state index is 12.0. The number of hydrogen-bond donors (Lipinski definition) is 1. The Balaban J connectivity index is 1.92. The van der Waals surface area contributed by atoms with Gasteiger partial charge in [-0.2, -0.15) is 5.10 Å². The lowest BCUT2D eigenvalue weighted by Gasteiger charge is -2.04. The van der Waals surface area contributed by atoms with E-state index in [1.165, 1.54) is 0 Å². The van der Waals surface area contributed by atoms with E-state index in [1.807, 2.05) is 36.4 Å². The molecule has 2 aromatic rings. The minimum atomic E-state index is -0.258. The summed E-state index contributed by atoms with van der Waals surface area (Å²) in [5.74, 6) is 0.572. The number of nitrogens with zero attached hydrogens (tertiary/aromatic N) is 1. The molecule has 0 radical (unpaired) electrons. The average molecular weight is 361 g/mol. The SMILES string of the molecule is CCCOc1ccc(/C=N\NC(=O)c2ccccc2Br)cc1. The zero-order valence-corrected chi connectivity index (χ0v) is 13.8. The monoisotopic (exact) mass is 360 g/mol. The molecule has 5 heteroatoms. The zero-order chi connectivity index (χ0) is 15.8. The lowest BCUT2D eigenvalue weighted by Crippen LogP contribution is -2.18. The number of nitrogens with one attached hydrogen (secondary N) is 1. The highest BCUT2D eigenvalue weighted by atomic mass is 79.9. The Hall–Kier alpha value is -2.14. The summed E-state index contributed by atoms with van der Waals surface area (Å²) in [6, 6.07) is 14.7. The summed E-state index contributed by atoms with van der Waals surface area (Å²) in [5, 5.41) is 3.96. The molecule has 0 fully saturated rings. The molecule has 0 unspecified atom stereocenters. The van der Waals surface area contributed by atoms with Gasteiger partial charge in [0.2, 0.25) is 0 Å². The summed E-state index contributed by atoms with van der Waals surface area (Å²) in [7, 11) is 0. The van der Waals surface area contributed by atoms with Crippen molar-refractivity contribution in [3.8, 4) is 5.75 Å².